The lowest BCUT2D eigenvalue weighted by molar-refractivity contribution is -0.140. The third kappa shape index (κ3) is 4.63. The predicted octanol–water partition coefficient (Wildman–Crippen LogP) is 2.01. The highest BCUT2D eigenvalue weighted by Gasteiger charge is 2.45. The third-order valence-corrected chi connectivity index (χ3v) is 7.24. The Balaban J connectivity index is 2.11. The van der Waals surface area contributed by atoms with Gasteiger partial charge in [0.15, 0.2) is 0 Å². The van der Waals surface area contributed by atoms with E-state index in [9.17, 15) is 23.1 Å². The lowest BCUT2D eigenvalue weighted by Gasteiger charge is -2.25. The quantitative estimate of drug-likeness (QED) is 0.354. The summed E-state index contributed by atoms with van der Waals surface area (Å²) in [5.74, 6) is -1.36. The molecule has 176 valence electrons. The van der Waals surface area contributed by atoms with Gasteiger partial charge >= 0.3 is 0 Å². The molecule has 0 radical (unpaired) electrons. The Hall–Kier alpha value is -3.21. The Morgan fingerprint density at radius 3 is 2.15 bits per heavy atom. The van der Waals surface area contributed by atoms with E-state index in [1.54, 1.807) is 24.3 Å². The van der Waals surface area contributed by atoms with Crippen LogP contribution >= 0.6 is 0 Å². The summed E-state index contributed by atoms with van der Waals surface area (Å²) in [6.07, 6.45) is 0. The zero-order valence-electron chi connectivity index (χ0n) is 18.8. The lowest BCUT2D eigenvalue weighted by Crippen LogP contribution is -2.32. The molecule has 1 aliphatic heterocycles. The standard InChI is InChI=1S/C23H26N2O7S/c1-24(2)33(29,30)18-11-7-16(8-12-18)21(26)19-20(15-5-9-17(32-4)10-6-15)25(13-14-31-3)23(28)22(19)27/h5-12,20,26H,13-14H2,1-4H3/t20-/m1/s1. The molecule has 1 saturated heterocycles. The number of Topliss-reactive ketones (excluding diaryl/α,β-unsaturated/α-hetero) is 1. The zero-order chi connectivity index (χ0) is 24.3. The number of aliphatic hydroxyl groups excluding tert-OH is 1. The van der Waals surface area contributed by atoms with Gasteiger partial charge in [-0.15, -0.1) is 0 Å². The van der Waals surface area contributed by atoms with E-state index < -0.39 is 27.8 Å². The number of rotatable bonds is 8. The number of hydrogen-bond donors (Lipinski definition) is 1. The average Bonchev–Trinajstić information content (AvgIpc) is 3.07. The van der Waals surface area contributed by atoms with Gasteiger partial charge in [-0.3, -0.25) is 9.59 Å². The van der Waals surface area contributed by atoms with Crippen LogP contribution in [0.2, 0.25) is 0 Å². The summed E-state index contributed by atoms with van der Waals surface area (Å²) in [5.41, 5.74) is 0.750. The number of sulfonamides is 1. The van der Waals surface area contributed by atoms with Crippen LogP contribution < -0.4 is 4.74 Å². The van der Waals surface area contributed by atoms with E-state index in [-0.39, 0.29) is 34.9 Å². The Morgan fingerprint density at radius 1 is 1.03 bits per heavy atom. The highest BCUT2D eigenvalue weighted by atomic mass is 32.2. The maximum atomic E-state index is 12.9. The van der Waals surface area contributed by atoms with Crippen molar-refractivity contribution in [2.45, 2.75) is 10.9 Å². The van der Waals surface area contributed by atoms with Gasteiger partial charge in [0.2, 0.25) is 10.0 Å². The van der Waals surface area contributed by atoms with Crippen LogP contribution in [0.25, 0.3) is 5.76 Å². The molecule has 2 aromatic carbocycles. The van der Waals surface area contributed by atoms with Crippen molar-refractivity contribution in [3.63, 3.8) is 0 Å². The molecule has 2 aromatic rings. The van der Waals surface area contributed by atoms with Gasteiger partial charge in [0.1, 0.15) is 11.5 Å². The number of ketones is 1. The number of hydrogen-bond acceptors (Lipinski definition) is 7. The molecule has 1 heterocycles. The molecule has 9 nitrogen and oxygen atoms in total. The van der Waals surface area contributed by atoms with Crippen molar-refractivity contribution in [3.8, 4) is 5.75 Å². The van der Waals surface area contributed by atoms with Crippen molar-refractivity contribution in [1.82, 2.24) is 9.21 Å². The molecule has 33 heavy (non-hydrogen) atoms. The van der Waals surface area contributed by atoms with Crippen molar-refractivity contribution in [2.75, 3.05) is 41.5 Å². The second-order valence-electron chi connectivity index (χ2n) is 7.57. The molecular formula is C23H26N2O7S. The average molecular weight is 475 g/mol. The molecule has 1 N–H and O–H groups in total. The number of likely N-dealkylation sites (tertiary alicyclic amines) is 1. The molecule has 3 rings (SSSR count). The topological polar surface area (TPSA) is 113 Å². The number of aliphatic hydroxyl groups is 1. The smallest absolute Gasteiger partial charge is 0.295 e. The second-order valence-corrected chi connectivity index (χ2v) is 9.72. The molecule has 0 aliphatic carbocycles. The maximum absolute atomic E-state index is 12.9. The first-order chi connectivity index (χ1) is 15.6. The largest absolute Gasteiger partial charge is 0.507 e. The Morgan fingerprint density at radius 2 is 1.64 bits per heavy atom. The van der Waals surface area contributed by atoms with E-state index in [0.29, 0.717) is 11.3 Å². The molecule has 1 fully saturated rings. The Bertz CT molecular complexity index is 1170. The van der Waals surface area contributed by atoms with Gasteiger partial charge < -0.3 is 19.5 Å². The SMILES string of the molecule is COCCN1C(=O)C(=O)C(=C(O)c2ccc(S(=O)(=O)N(C)C)cc2)[C@H]1c1ccc(OC)cc1. The van der Waals surface area contributed by atoms with Crippen molar-refractivity contribution in [2.24, 2.45) is 0 Å². The van der Waals surface area contributed by atoms with Gasteiger partial charge in [-0.2, -0.15) is 0 Å². The number of carbonyl (C=O) groups is 2. The van der Waals surface area contributed by atoms with E-state index >= 15 is 0 Å². The molecule has 0 saturated carbocycles. The zero-order valence-corrected chi connectivity index (χ0v) is 19.6. The first-order valence-electron chi connectivity index (χ1n) is 10.1. The lowest BCUT2D eigenvalue weighted by atomic mass is 9.95. The van der Waals surface area contributed by atoms with Gasteiger partial charge in [-0.1, -0.05) is 12.1 Å². The number of methoxy groups -OCH3 is 2. The molecule has 1 amide bonds. The molecule has 1 atom stereocenters. The summed E-state index contributed by atoms with van der Waals surface area (Å²) in [7, 11) is 2.19. The molecule has 0 bridgehead atoms. The highest BCUT2D eigenvalue weighted by molar-refractivity contribution is 7.89. The van der Waals surface area contributed by atoms with E-state index in [1.165, 1.54) is 57.5 Å². The van der Waals surface area contributed by atoms with E-state index in [0.717, 1.165) is 4.31 Å². The van der Waals surface area contributed by atoms with Crippen LogP contribution in [0.4, 0.5) is 0 Å². The monoisotopic (exact) mass is 474 g/mol. The van der Waals surface area contributed by atoms with Gasteiger partial charge in [-0.25, -0.2) is 12.7 Å². The van der Waals surface area contributed by atoms with Crippen LogP contribution in [0.5, 0.6) is 5.75 Å². The number of carbonyl (C=O) groups excluding carboxylic acids is 2. The summed E-state index contributed by atoms with van der Waals surface area (Å²) < 4.78 is 36.0. The minimum atomic E-state index is -3.66. The number of ether oxygens (including phenoxy) is 2. The second kappa shape index (κ2) is 9.74. The molecule has 1 aliphatic rings. The van der Waals surface area contributed by atoms with Crippen LogP contribution in [0.15, 0.2) is 59.0 Å². The van der Waals surface area contributed by atoms with Gasteiger partial charge in [0.25, 0.3) is 11.7 Å². The van der Waals surface area contributed by atoms with Crippen LogP contribution in [0, 0.1) is 0 Å². The molecule has 0 unspecified atom stereocenters. The number of nitrogens with zero attached hydrogens (tertiary/aromatic N) is 2. The minimum absolute atomic E-state index is 0.0382. The van der Waals surface area contributed by atoms with Gasteiger partial charge in [-0.05, 0) is 42.0 Å². The van der Waals surface area contributed by atoms with E-state index in [4.69, 9.17) is 9.47 Å². The molecular weight excluding hydrogens is 448 g/mol. The number of benzene rings is 2. The predicted molar refractivity (Wildman–Crippen MR) is 121 cm³/mol. The molecule has 0 spiro atoms. The third-order valence-electron chi connectivity index (χ3n) is 5.41. The van der Waals surface area contributed by atoms with Crippen molar-refractivity contribution in [3.05, 3.63) is 65.2 Å². The first kappa shape index (κ1) is 24.4. The first-order valence-corrected chi connectivity index (χ1v) is 11.5. The molecule has 10 heteroatoms. The van der Waals surface area contributed by atoms with Crippen LogP contribution in [-0.2, 0) is 24.3 Å². The van der Waals surface area contributed by atoms with E-state index in [2.05, 4.69) is 0 Å². The highest BCUT2D eigenvalue weighted by Crippen LogP contribution is 2.39. The summed E-state index contributed by atoms with van der Waals surface area (Å²) in [6, 6.07) is 11.5. The normalized spacial score (nSPS) is 18.2. The summed E-state index contributed by atoms with van der Waals surface area (Å²) in [4.78, 5) is 27.1. The van der Waals surface area contributed by atoms with Gasteiger partial charge in [0, 0.05) is 33.3 Å². The van der Waals surface area contributed by atoms with Crippen LogP contribution in [0.1, 0.15) is 17.2 Å². The Labute approximate surface area is 192 Å². The van der Waals surface area contributed by atoms with Crippen molar-refractivity contribution in [1.29, 1.82) is 0 Å². The fraction of sp³-hybridized carbons (Fsp3) is 0.304. The fourth-order valence-corrected chi connectivity index (χ4v) is 4.49. The van der Waals surface area contributed by atoms with Crippen molar-refractivity contribution < 1.29 is 32.6 Å². The summed E-state index contributed by atoms with van der Waals surface area (Å²) in [5, 5.41) is 11.1. The Kier molecular flexibility index (Phi) is 7.21. The fourth-order valence-electron chi connectivity index (χ4n) is 3.58. The minimum Gasteiger partial charge on any atom is -0.507 e. The van der Waals surface area contributed by atoms with Crippen molar-refractivity contribution >= 4 is 27.5 Å². The molecule has 0 aromatic heterocycles. The van der Waals surface area contributed by atoms with Gasteiger partial charge in [0.05, 0.1) is 30.2 Å². The van der Waals surface area contributed by atoms with E-state index in [1.807, 2.05) is 0 Å². The number of amides is 1. The van der Waals surface area contributed by atoms with Crippen LogP contribution in [-0.4, -0.2) is 75.9 Å². The summed E-state index contributed by atoms with van der Waals surface area (Å²) >= 11 is 0. The summed E-state index contributed by atoms with van der Waals surface area (Å²) in [6.45, 7) is 0.353. The van der Waals surface area contributed by atoms with Crippen LogP contribution in [0.3, 0.4) is 0 Å². The maximum Gasteiger partial charge on any atom is 0.295 e.